The Balaban J connectivity index is 3.07. The van der Waals surface area contributed by atoms with Crippen molar-refractivity contribution < 1.29 is 5.11 Å². The quantitative estimate of drug-likeness (QED) is 0.875. The summed E-state index contributed by atoms with van der Waals surface area (Å²) < 4.78 is 0.757. The first-order valence-corrected chi connectivity index (χ1v) is 5.59. The van der Waals surface area contributed by atoms with Crippen LogP contribution in [0.1, 0.15) is 25.0 Å². The lowest BCUT2D eigenvalue weighted by Gasteiger charge is -2.11. The number of aromatic hydroxyl groups is 1. The largest absolute Gasteiger partial charge is 0.506 e. The van der Waals surface area contributed by atoms with Gasteiger partial charge < -0.3 is 10.8 Å². The second-order valence-electron chi connectivity index (χ2n) is 3.62. The third-order valence-electron chi connectivity index (χ3n) is 2.15. The van der Waals surface area contributed by atoms with E-state index in [9.17, 15) is 5.11 Å². The Bertz CT molecular complexity index is 323. The number of rotatable bonds is 3. The van der Waals surface area contributed by atoms with Crippen LogP contribution >= 0.6 is 15.9 Å². The fourth-order valence-corrected chi connectivity index (χ4v) is 1.97. The summed E-state index contributed by atoms with van der Waals surface area (Å²) in [5.41, 5.74) is 7.84. The minimum atomic E-state index is 0.0694. The fraction of sp³-hybridized carbons (Fsp3) is 0.455. The fourth-order valence-electron chi connectivity index (χ4n) is 1.42. The number of aryl methyl sites for hydroxylation is 1. The van der Waals surface area contributed by atoms with E-state index in [0.717, 1.165) is 16.5 Å². The summed E-state index contributed by atoms with van der Waals surface area (Å²) in [5.74, 6) is 0.319. The molecule has 0 saturated heterocycles. The monoisotopic (exact) mass is 257 g/mol. The molecular weight excluding hydrogens is 242 g/mol. The van der Waals surface area contributed by atoms with Gasteiger partial charge in [-0.1, -0.05) is 13.0 Å². The summed E-state index contributed by atoms with van der Waals surface area (Å²) in [6.07, 6.45) is 1.67. The maximum Gasteiger partial charge on any atom is 0.133 e. The van der Waals surface area contributed by atoms with Crippen molar-refractivity contribution in [3.05, 3.63) is 27.7 Å². The summed E-state index contributed by atoms with van der Waals surface area (Å²) in [6.45, 7) is 4.03. The molecule has 0 saturated carbocycles. The minimum Gasteiger partial charge on any atom is -0.506 e. The number of nitrogens with two attached hydrogens (primary N) is 1. The van der Waals surface area contributed by atoms with Crippen LogP contribution in [-0.4, -0.2) is 11.1 Å². The molecule has 3 N–H and O–H groups in total. The predicted octanol–water partition coefficient (Wildman–Crippen LogP) is 2.61. The molecule has 0 bridgehead atoms. The van der Waals surface area contributed by atoms with E-state index in [0.29, 0.717) is 12.2 Å². The molecule has 3 heteroatoms. The molecule has 1 aromatic carbocycles. The molecule has 0 heterocycles. The SMILES string of the molecule is CCc1cc(Br)c(O)c(CC(C)N)c1. The third-order valence-corrected chi connectivity index (χ3v) is 2.76. The molecule has 0 amide bonds. The zero-order valence-electron chi connectivity index (χ0n) is 8.55. The van der Waals surface area contributed by atoms with Gasteiger partial charge in [0.05, 0.1) is 4.47 Å². The van der Waals surface area contributed by atoms with Gasteiger partial charge in [-0.25, -0.2) is 0 Å². The normalized spacial score (nSPS) is 12.9. The van der Waals surface area contributed by atoms with Gasteiger partial charge >= 0.3 is 0 Å². The Morgan fingerprint density at radius 3 is 2.64 bits per heavy atom. The van der Waals surface area contributed by atoms with Gasteiger partial charge in [-0.2, -0.15) is 0 Å². The number of hydrogen-bond acceptors (Lipinski definition) is 2. The zero-order valence-corrected chi connectivity index (χ0v) is 10.1. The second kappa shape index (κ2) is 4.80. The van der Waals surface area contributed by atoms with Gasteiger partial charge in [0.2, 0.25) is 0 Å². The predicted molar refractivity (Wildman–Crippen MR) is 62.5 cm³/mol. The first-order valence-electron chi connectivity index (χ1n) is 4.80. The smallest absolute Gasteiger partial charge is 0.133 e. The van der Waals surface area contributed by atoms with Crippen LogP contribution in [0.25, 0.3) is 0 Å². The van der Waals surface area contributed by atoms with Gasteiger partial charge in [0.25, 0.3) is 0 Å². The van der Waals surface area contributed by atoms with Crippen LogP contribution in [0, 0.1) is 0 Å². The summed E-state index contributed by atoms with van der Waals surface area (Å²) in [4.78, 5) is 0. The molecule has 0 aliphatic carbocycles. The van der Waals surface area contributed by atoms with Crippen LogP contribution in [0.3, 0.4) is 0 Å². The van der Waals surface area contributed by atoms with Crippen LogP contribution in [-0.2, 0) is 12.8 Å². The molecule has 0 aliphatic rings. The van der Waals surface area contributed by atoms with E-state index in [1.54, 1.807) is 0 Å². The summed E-state index contributed by atoms with van der Waals surface area (Å²) in [5, 5.41) is 9.76. The summed E-state index contributed by atoms with van der Waals surface area (Å²) in [7, 11) is 0. The van der Waals surface area contributed by atoms with Crippen molar-refractivity contribution in [2.24, 2.45) is 5.73 Å². The maximum absolute atomic E-state index is 9.76. The molecule has 78 valence electrons. The van der Waals surface area contributed by atoms with Crippen LogP contribution in [0.5, 0.6) is 5.75 Å². The third kappa shape index (κ3) is 2.72. The lowest BCUT2D eigenvalue weighted by molar-refractivity contribution is 0.462. The van der Waals surface area contributed by atoms with E-state index in [4.69, 9.17) is 5.73 Å². The van der Waals surface area contributed by atoms with E-state index in [2.05, 4.69) is 22.9 Å². The first kappa shape index (κ1) is 11.5. The minimum absolute atomic E-state index is 0.0694. The van der Waals surface area contributed by atoms with Gasteiger partial charge in [0, 0.05) is 6.04 Å². The van der Waals surface area contributed by atoms with Crippen LogP contribution < -0.4 is 5.73 Å². The van der Waals surface area contributed by atoms with E-state index in [1.165, 1.54) is 5.56 Å². The van der Waals surface area contributed by atoms with E-state index in [-0.39, 0.29) is 6.04 Å². The maximum atomic E-state index is 9.76. The topological polar surface area (TPSA) is 46.2 Å². The van der Waals surface area contributed by atoms with Crippen LogP contribution in [0.15, 0.2) is 16.6 Å². The Morgan fingerprint density at radius 2 is 2.14 bits per heavy atom. The van der Waals surface area contributed by atoms with Crippen molar-refractivity contribution in [1.29, 1.82) is 0 Å². The lowest BCUT2D eigenvalue weighted by Crippen LogP contribution is -2.18. The van der Waals surface area contributed by atoms with Gasteiger partial charge in [-0.3, -0.25) is 0 Å². The molecule has 2 nitrogen and oxygen atoms in total. The van der Waals surface area contributed by atoms with Gasteiger partial charge in [-0.05, 0) is 52.9 Å². The Kier molecular flexibility index (Phi) is 3.96. The molecular formula is C11H16BrNO. The highest BCUT2D eigenvalue weighted by Gasteiger charge is 2.08. The van der Waals surface area contributed by atoms with Crippen molar-refractivity contribution in [3.8, 4) is 5.75 Å². The van der Waals surface area contributed by atoms with Crippen molar-refractivity contribution in [3.63, 3.8) is 0 Å². The number of phenols is 1. The highest BCUT2D eigenvalue weighted by Crippen LogP contribution is 2.30. The standard InChI is InChI=1S/C11H16BrNO/c1-3-8-5-9(4-7(2)13)11(14)10(12)6-8/h5-7,14H,3-4,13H2,1-2H3. The Labute approximate surface area is 93.3 Å². The molecule has 1 atom stereocenters. The second-order valence-corrected chi connectivity index (χ2v) is 4.47. The highest BCUT2D eigenvalue weighted by atomic mass is 79.9. The van der Waals surface area contributed by atoms with Gasteiger partial charge in [0.15, 0.2) is 0 Å². The average molecular weight is 258 g/mol. The average Bonchev–Trinajstić information content (AvgIpc) is 2.11. The van der Waals surface area contributed by atoms with E-state index in [1.807, 2.05) is 19.1 Å². The highest BCUT2D eigenvalue weighted by molar-refractivity contribution is 9.10. The zero-order chi connectivity index (χ0) is 10.7. The molecule has 0 fully saturated rings. The lowest BCUT2D eigenvalue weighted by atomic mass is 10.0. The molecule has 1 rings (SSSR count). The van der Waals surface area contributed by atoms with Crippen molar-refractivity contribution in [2.75, 3.05) is 0 Å². The number of benzene rings is 1. The van der Waals surface area contributed by atoms with Crippen LogP contribution in [0.4, 0.5) is 0 Å². The number of halogens is 1. The number of hydrogen-bond donors (Lipinski definition) is 2. The molecule has 14 heavy (non-hydrogen) atoms. The molecule has 0 spiro atoms. The summed E-state index contributed by atoms with van der Waals surface area (Å²) >= 11 is 3.34. The van der Waals surface area contributed by atoms with Crippen molar-refractivity contribution in [1.82, 2.24) is 0 Å². The Hall–Kier alpha value is -0.540. The van der Waals surface area contributed by atoms with Gasteiger partial charge in [-0.15, -0.1) is 0 Å². The van der Waals surface area contributed by atoms with E-state index < -0.39 is 0 Å². The van der Waals surface area contributed by atoms with E-state index >= 15 is 0 Å². The van der Waals surface area contributed by atoms with Crippen molar-refractivity contribution >= 4 is 15.9 Å². The van der Waals surface area contributed by atoms with Crippen molar-refractivity contribution in [2.45, 2.75) is 32.7 Å². The molecule has 1 unspecified atom stereocenters. The summed E-state index contributed by atoms with van der Waals surface area (Å²) in [6, 6.07) is 4.03. The molecule has 0 aromatic heterocycles. The molecule has 0 aliphatic heterocycles. The molecule has 0 radical (unpaired) electrons. The van der Waals surface area contributed by atoms with Gasteiger partial charge in [0.1, 0.15) is 5.75 Å². The van der Waals surface area contributed by atoms with Crippen LogP contribution in [0.2, 0.25) is 0 Å². The Morgan fingerprint density at radius 1 is 1.50 bits per heavy atom. The molecule has 1 aromatic rings. The number of phenolic OH excluding ortho intramolecular Hbond substituents is 1. The first-order chi connectivity index (χ1) is 6.54.